The van der Waals surface area contributed by atoms with Gasteiger partial charge in [-0.2, -0.15) is 0 Å². The molecule has 0 bridgehead atoms. The molecule has 0 aromatic heterocycles. The van der Waals surface area contributed by atoms with Crippen LogP contribution in [-0.2, 0) is 0 Å². The van der Waals surface area contributed by atoms with Gasteiger partial charge in [0.25, 0.3) is 0 Å². The molecule has 0 unspecified atom stereocenters. The first-order valence-electron chi connectivity index (χ1n) is 3.96. The number of hydrogen-bond donors (Lipinski definition) is 1. The topological polar surface area (TPSA) is 20.2 Å². The summed E-state index contributed by atoms with van der Waals surface area (Å²) in [5.41, 5.74) is -0.248. The van der Waals surface area contributed by atoms with Crippen LogP contribution in [0.25, 0.3) is 0 Å². The first kappa shape index (κ1) is 8.91. The Labute approximate surface area is 65.4 Å². The Balaban J connectivity index is 2.48. The second-order valence-corrected chi connectivity index (χ2v) is 3.82. The SMILES string of the molecule is CC1(CO)CCC(F)(F)CC1. The molecule has 1 nitrogen and oxygen atoms in total. The predicted molar refractivity (Wildman–Crippen MR) is 38.6 cm³/mol. The van der Waals surface area contributed by atoms with Crippen molar-refractivity contribution in [3.8, 4) is 0 Å². The minimum atomic E-state index is -2.48. The van der Waals surface area contributed by atoms with Crippen LogP contribution in [-0.4, -0.2) is 17.6 Å². The summed E-state index contributed by atoms with van der Waals surface area (Å²) in [6.07, 6.45) is 0.751. The van der Waals surface area contributed by atoms with Crippen LogP contribution in [0.4, 0.5) is 8.78 Å². The molecule has 1 fully saturated rings. The standard InChI is InChI=1S/C8H14F2O/c1-7(6-11)2-4-8(9,10)5-3-7/h11H,2-6H2,1H3. The van der Waals surface area contributed by atoms with Gasteiger partial charge in [0.1, 0.15) is 0 Å². The predicted octanol–water partition coefficient (Wildman–Crippen LogP) is 2.19. The number of alkyl halides is 2. The van der Waals surface area contributed by atoms with Crippen molar-refractivity contribution in [2.45, 2.75) is 38.5 Å². The third-order valence-corrected chi connectivity index (χ3v) is 2.57. The lowest BCUT2D eigenvalue weighted by Crippen LogP contribution is -2.33. The van der Waals surface area contributed by atoms with Crippen molar-refractivity contribution in [2.24, 2.45) is 5.41 Å². The van der Waals surface area contributed by atoms with E-state index in [1.165, 1.54) is 0 Å². The molecule has 0 radical (unpaired) electrons. The van der Waals surface area contributed by atoms with Crippen LogP contribution in [0.2, 0.25) is 0 Å². The summed E-state index contributed by atoms with van der Waals surface area (Å²) >= 11 is 0. The molecule has 66 valence electrons. The fourth-order valence-electron chi connectivity index (χ4n) is 1.38. The molecule has 1 aliphatic carbocycles. The average Bonchev–Trinajstić information content (AvgIpc) is 1.97. The lowest BCUT2D eigenvalue weighted by atomic mass is 9.75. The maximum atomic E-state index is 12.6. The molecule has 0 aromatic carbocycles. The molecular formula is C8H14F2O. The zero-order chi connectivity index (χ0) is 8.54. The Hall–Kier alpha value is -0.180. The minimum Gasteiger partial charge on any atom is -0.396 e. The van der Waals surface area contributed by atoms with Gasteiger partial charge in [-0.25, -0.2) is 8.78 Å². The smallest absolute Gasteiger partial charge is 0.248 e. The third-order valence-electron chi connectivity index (χ3n) is 2.57. The monoisotopic (exact) mass is 164 g/mol. The molecule has 0 aliphatic heterocycles. The second-order valence-electron chi connectivity index (χ2n) is 3.82. The normalized spacial score (nSPS) is 28.4. The van der Waals surface area contributed by atoms with E-state index >= 15 is 0 Å². The van der Waals surface area contributed by atoms with Crippen LogP contribution >= 0.6 is 0 Å². The maximum absolute atomic E-state index is 12.6. The van der Waals surface area contributed by atoms with Crippen molar-refractivity contribution in [1.82, 2.24) is 0 Å². The average molecular weight is 164 g/mol. The fourth-order valence-corrected chi connectivity index (χ4v) is 1.38. The highest BCUT2D eigenvalue weighted by molar-refractivity contribution is 4.84. The minimum absolute atomic E-state index is 0.0308. The van der Waals surface area contributed by atoms with E-state index in [1.807, 2.05) is 6.92 Å². The maximum Gasteiger partial charge on any atom is 0.248 e. The van der Waals surface area contributed by atoms with Crippen molar-refractivity contribution < 1.29 is 13.9 Å². The molecule has 1 aliphatic rings. The molecule has 0 atom stereocenters. The lowest BCUT2D eigenvalue weighted by Gasteiger charge is -2.35. The fraction of sp³-hybridized carbons (Fsp3) is 1.00. The first-order valence-corrected chi connectivity index (χ1v) is 3.96. The molecular weight excluding hydrogens is 150 g/mol. The number of rotatable bonds is 1. The van der Waals surface area contributed by atoms with Gasteiger partial charge in [0.05, 0.1) is 0 Å². The molecule has 11 heavy (non-hydrogen) atoms. The van der Waals surface area contributed by atoms with Gasteiger partial charge in [-0.1, -0.05) is 6.92 Å². The summed E-state index contributed by atoms with van der Waals surface area (Å²) in [6.45, 7) is 1.89. The number of hydrogen-bond acceptors (Lipinski definition) is 1. The molecule has 0 amide bonds. The van der Waals surface area contributed by atoms with Crippen LogP contribution in [0.1, 0.15) is 32.6 Å². The number of halogens is 2. The summed E-state index contributed by atoms with van der Waals surface area (Å²) in [5.74, 6) is -2.48. The van der Waals surface area contributed by atoms with Crippen molar-refractivity contribution in [1.29, 1.82) is 0 Å². The second kappa shape index (κ2) is 2.70. The molecule has 1 N–H and O–H groups in total. The summed E-state index contributed by atoms with van der Waals surface area (Å²) in [6, 6.07) is 0. The van der Waals surface area contributed by atoms with E-state index in [1.54, 1.807) is 0 Å². The van der Waals surface area contributed by atoms with Gasteiger partial charge >= 0.3 is 0 Å². The highest BCUT2D eigenvalue weighted by Gasteiger charge is 2.40. The van der Waals surface area contributed by atoms with E-state index < -0.39 is 5.92 Å². The molecule has 1 saturated carbocycles. The molecule has 3 heteroatoms. The van der Waals surface area contributed by atoms with E-state index in [-0.39, 0.29) is 24.9 Å². The van der Waals surface area contributed by atoms with E-state index in [9.17, 15) is 8.78 Å². The van der Waals surface area contributed by atoms with Gasteiger partial charge in [0, 0.05) is 19.4 Å². The van der Waals surface area contributed by atoms with E-state index in [0.717, 1.165) is 0 Å². The van der Waals surface area contributed by atoms with E-state index in [0.29, 0.717) is 12.8 Å². The van der Waals surface area contributed by atoms with Crippen molar-refractivity contribution in [3.05, 3.63) is 0 Å². The van der Waals surface area contributed by atoms with Gasteiger partial charge < -0.3 is 5.11 Å². The molecule has 0 saturated heterocycles. The van der Waals surface area contributed by atoms with E-state index in [4.69, 9.17) is 5.11 Å². The zero-order valence-corrected chi connectivity index (χ0v) is 6.74. The Morgan fingerprint density at radius 2 is 1.64 bits per heavy atom. The first-order chi connectivity index (χ1) is 4.97. The highest BCUT2D eigenvalue weighted by atomic mass is 19.3. The number of aliphatic hydroxyl groups is 1. The summed E-state index contributed by atoms with van der Waals surface area (Å²) in [7, 11) is 0. The third kappa shape index (κ3) is 2.12. The summed E-state index contributed by atoms with van der Waals surface area (Å²) in [4.78, 5) is 0. The molecule has 0 heterocycles. The largest absolute Gasteiger partial charge is 0.396 e. The van der Waals surface area contributed by atoms with Gasteiger partial charge in [-0.15, -0.1) is 0 Å². The van der Waals surface area contributed by atoms with Crippen LogP contribution in [0.15, 0.2) is 0 Å². The van der Waals surface area contributed by atoms with Gasteiger partial charge in [0.2, 0.25) is 5.92 Å². The van der Waals surface area contributed by atoms with Crippen LogP contribution in [0, 0.1) is 5.41 Å². The van der Waals surface area contributed by atoms with Gasteiger partial charge in [-0.3, -0.25) is 0 Å². The lowest BCUT2D eigenvalue weighted by molar-refractivity contribution is -0.0732. The molecule has 0 aromatic rings. The van der Waals surface area contributed by atoms with Crippen molar-refractivity contribution in [3.63, 3.8) is 0 Å². The van der Waals surface area contributed by atoms with Crippen molar-refractivity contribution in [2.75, 3.05) is 6.61 Å². The van der Waals surface area contributed by atoms with Gasteiger partial charge in [-0.05, 0) is 18.3 Å². The Kier molecular flexibility index (Phi) is 2.19. The Morgan fingerprint density at radius 1 is 1.18 bits per heavy atom. The van der Waals surface area contributed by atoms with Crippen LogP contribution in [0.3, 0.4) is 0 Å². The summed E-state index contributed by atoms with van der Waals surface area (Å²) in [5, 5.41) is 8.88. The van der Waals surface area contributed by atoms with Crippen molar-refractivity contribution >= 4 is 0 Å². The van der Waals surface area contributed by atoms with Crippen LogP contribution in [0.5, 0.6) is 0 Å². The molecule has 1 rings (SSSR count). The van der Waals surface area contributed by atoms with Crippen LogP contribution < -0.4 is 0 Å². The Morgan fingerprint density at radius 3 is 2.00 bits per heavy atom. The van der Waals surface area contributed by atoms with Gasteiger partial charge in [0.15, 0.2) is 0 Å². The summed E-state index contributed by atoms with van der Waals surface area (Å²) < 4.78 is 25.2. The quantitative estimate of drug-likeness (QED) is 0.629. The highest BCUT2D eigenvalue weighted by Crippen LogP contribution is 2.42. The molecule has 0 spiro atoms. The number of aliphatic hydroxyl groups excluding tert-OH is 1. The zero-order valence-electron chi connectivity index (χ0n) is 6.74. The van der Waals surface area contributed by atoms with E-state index in [2.05, 4.69) is 0 Å². The Bertz CT molecular complexity index is 135.